The summed E-state index contributed by atoms with van der Waals surface area (Å²) in [6, 6.07) is 1.42. The van der Waals surface area contributed by atoms with Gasteiger partial charge in [0.1, 0.15) is 0 Å². The van der Waals surface area contributed by atoms with Crippen LogP contribution in [0.3, 0.4) is 0 Å². The molecule has 0 saturated heterocycles. The molecule has 1 atom stereocenters. The molecule has 1 aromatic heterocycles. The van der Waals surface area contributed by atoms with E-state index in [1.54, 1.807) is 0 Å². The van der Waals surface area contributed by atoms with Gasteiger partial charge in [0.25, 0.3) is 0 Å². The summed E-state index contributed by atoms with van der Waals surface area (Å²) in [4.78, 5) is 14.3. The lowest BCUT2D eigenvalue weighted by atomic mass is 10.3. The van der Waals surface area contributed by atoms with Crippen molar-refractivity contribution in [3.63, 3.8) is 0 Å². The molecular formula is C10H14BrN3O3. The van der Waals surface area contributed by atoms with Gasteiger partial charge in [-0.25, -0.2) is 4.98 Å². The summed E-state index contributed by atoms with van der Waals surface area (Å²) in [7, 11) is 0. The third-order valence-electron chi connectivity index (χ3n) is 2.04. The van der Waals surface area contributed by atoms with Crippen LogP contribution >= 0.6 is 15.9 Å². The lowest BCUT2D eigenvalue weighted by molar-refractivity contribution is -0.384. The number of halogens is 1. The molecule has 94 valence electrons. The summed E-state index contributed by atoms with van der Waals surface area (Å²) in [6.07, 6.45) is 1.49. The molecule has 0 aromatic carbocycles. The van der Waals surface area contributed by atoms with Gasteiger partial charge in [-0.15, -0.1) is 0 Å². The van der Waals surface area contributed by atoms with Crippen molar-refractivity contribution in [2.45, 2.75) is 20.0 Å². The van der Waals surface area contributed by atoms with Gasteiger partial charge in [-0.1, -0.05) is 0 Å². The zero-order valence-corrected chi connectivity index (χ0v) is 11.2. The van der Waals surface area contributed by atoms with Crippen LogP contribution in [0.25, 0.3) is 0 Å². The van der Waals surface area contributed by atoms with E-state index in [9.17, 15) is 10.1 Å². The fourth-order valence-electron chi connectivity index (χ4n) is 1.29. The number of anilines is 1. The first kappa shape index (κ1) is 13.9. The average Bonchev–Trinajstić information content (AvgIpc) is 2.27. The zero-order valence-electron chi connectivity index (χ0n) is 9.64. The van der Waals surface area contributed by atoms with Gasteiger partial charge in [-0.2, -0.15) is 0 Å². The number of pyridine rings is 1. The van der Waals surface area contributed by atoms with E-state index in [1.807, 2.05) is 13.8 Å². The molecule has 17 heavy (non-hydrogen) atoms. The van der Waals surface area contributed by atoms with E-state index < -0.39 is 4.92 Å². The first-order chi connectivity index (χ1) is 8.04. The molecule has 0 amide bonds. The summed E-state index contributed by atoms with van der Waals surface area (Å²) < 4.78 is 5.89. The largest absolute Gasteiger partial charge is 0.377 e. The molecule has 1 rings (SSSR count). The molecule has 0 bridgehead atoms. The highest BCUT2D eigenvalue weighted by molar-refractivity contribution is 9.10. The number of nitro groups is 1. The van der Waals surface area contributed by atoms with Crippen molar-refractivity contribution in [2.24, 2.45) is 0 Å². The van der Waals surface area contributed by atoms with Crippen LogP contribution in [0.15, 0.2) is 16.7 Å². The molecule has 0 aliphatic carbocycles. The van der Waals surface area contributed by atoms with E-state index in [-0.39, 0.29) is 17.6 Å². The lowest BCUT2D eigenvalue weighted by Gasteiger charge is -2.12. The SMILES string of the molecule is CCOC(C)CNc1ncc(Br)cc1[N+](=O)[O-]. The number of rotatable bonds is 6. The molecule has 1 unspecified atom stereocenters. The van der Waals surface area contributed by atoms with Crippen molar-refractivity contribution in [1.29, 1.82) is 0 Å². The highest BCUT2D eigenvalue weighted by atomic mass is 79.9. The van der Waals surface area contributed by atoms with E-state index >= 15 is 0 Å². The molecule has 1 N–H and O–H groups in total. The van der Waals surface area contributed by atoms with E-state index in [2.05, 4.69) is 26.2 Å². The minimum atomic E-state index is -0.467. The fraction of sp³-hybridized carbons (Fsp3) is 0.500. The molecule has 0 spiro atoms. The van der Waals surface area contributed by atoms with Crippen LogP contribution in [0.1, 0.15) is 13.8 Å². The van der Waals surface area contributed by atoms with Crippen molar-refractivity contribution >= 4 is 27.4 Å². The van der Waals surface area contributed by atoms with Crippen molar-refractivity contribution in [1.82, 2.24) is 4.98 Å². The van der Waals surface area contributed by atoms with Crippen molar-refractivity contribution < 1.29 is 9.66 Å². The molecule has 6 nitrogen and oxygen atoms in total. The van der Waals surface area contributed by atoms with Gasteiger partial charge in [0.2, 0.25) is 5.82 Å². The monoisotopic (exact) mass is 303 g/mol. The maximum absolute atomic E-state index is 10.8. The smallest absolute Gasteiger partial charge is 0.312 e. The number of aromatic nitrogens is 1. The van der Waals surface area contributed by atoms with Crippen LogP contribution < -0.4 is 5.32 Å². The second-order valence-electron chi connectivity index (χ2n) is 3.43. The van der Waals surface area contributed by atoms with E-state index in [0.29, 0.717) is 17.6 Å². The molecular weight excluding hydrogens is 290 g/mol. The maximum Gasteiger partial charge on any atom is 0.312 e. The van der Waals surface area contributed by atoms with Crippen LogP contribution in [0.5, 0.6) is 0 Å². The summed E-state index contributed by atoms with van der Waals surface area (Å²) in [5.41, 5.74) is -0.0527. The zero-order chi connectivity index (χ0) is 12.8. The highest BCUT2D eigenvalue weighted by Gasteiger charge is 2.16. The van der Waals surface area contributed by atoms with Gasteiger partial charge in [-0.05, 0) is 29.8 Å². The first-order valence-electron chi connectivity index (χ1n) is 5.20. The number of hydrogen-bond donors (Lipinski definition) is 1. The number of ether oxygens (including phenoxy) is 1. The maximum atomic E-state index is 10.8. The van der Waals surface area contributed by atoms with Gasteiger partial charge in [0.15, 0.2) is 0 Å². The predicted molar refractivity (Wildman–Crippen MR) is 68.2 cm³/mol. The molecule has 1 heterocycles. The van der Waals surface area contributed by atoms with E-state index in [0.717, 1.165) is 0 Å². The Morgan fingerprint density at radius 2 is 2.41 bits per heavy atom. The Morgan fingerprint density at radius 1 is 1.71 bits per heavy atom. The lowest BCUT2D eigenvalue weighted by Crippen LogP contribution is -2.20. The molecule has 1 aromatic rings. The molecule has 0 fully saturated rings. The second-order valence-corrected chi connectivity index (χ2v) is 4.34. The third kappa shape index (κ3) is 4.27. The summed E-state index contributed by atoms with van der Waals surface area (Å²) in [5, 5.41) is 13.7. The molecule has 7 heteroatoms. The first-order valence-corrected chi connectivity index (χ1v) is 5.99. The number of hydrogen-bond acceptors (Lipinski definition) is 5. The Bertz CT molecular complexity index is 400. The number of nitrogens with zero attached hydrogens (tertiary/aromatic N) is 2. The van der Waals surface area contributed by atoms with Gasteiger partial charge >= 0.3 is 5.69 Å². The molecule has 0 aliphatic heterocycles. The summed E-state index contributed by atoms with van der Waals surface area (Å²) >= 11 is 3.15. The van der Waals surface area contributed by atoms with Gasteiger partial charge in [0.05, 0.1) is 11.0 Å². The average molecular weight is 304 g/mol. The van der Waals surface area contributed by atoms with Crippen LogP contribution in [0.2, 0.25) is 0 Å². The topological polar surface area (TPSA) is 77.3 Å². The predicted octanol–water partition coefficient (Wildman–Crippen LogP) is 2.59. The van der Waals surface area contributed by atoms with Gasteiger partial charge < -0.3 is 10.1 Å². The minimum absolute atomic E-state index is 0.0231. The van der Waals surface area contributed by atoms with Crippen molar-refractivity contribution in [3.8, 4) is 0 Å². The molecule has 0 radical (unpaired) electrons. The van der Waals surface area contributed by atoms with E-state index in [4.69, 9.17) is 4.74 Å². The summed E-state index contributed by atoms with van der Waals surface area (Å²) in [6.45, 7) is 4.88. The van der Waals surface area contributed by atoms with Gasteiger partial charge in [-0.3, -0.25) is 10.1 Å². The Morgan fingerprint density at radius 3 is 3.00 bits per heavy atom. The second kappa shape index (κ2) is 6.51. The van der Waals surface area contributed by atoms with Gasteiger partial charge in [0, 0.05) is 29.9 Å². The fourth-order valence-corrected chi connectivity index (χ4v) is 1.61. The normalized spacial score (nSPS) is 12.2. The standard InChI is InChI=1S/C10H14BrN3O3/c1-3-17-7(2)5-12-10-9(14(15)16)4-8(11)6-13-10/h4,6-7H,3,5H2,1-2H3,(H,12,13). The minimum Gasteiger partial charge on any atom is -0.377 e. The Labute approximate surface area is 108 Å². The Balaban J connectivity index is 2.73. The highest BCUT2D eigenvalue weighted by Crippen LogP contribution is 2.25. The Hall–Kier alpha value is -1.21. The van der Waals surface area contributed by atoms with Crippen molar-refractivity contribution in [2.75, 3.05) is 18.5 Å². The van der Waals surface area contributed by atoms with Crippen LogP contribution in [0, 0.1) is 10.1 Å². The quantitative estimate of drug-likeness (QED) is 0.645. The van der Waals surface area contributed by atoms with E-state index in [1.165, 1.54) is 12.3 Å². The third-order valence-corrected chi connectivity index (χ3v) is 2.47. The number of nitrogens with one attached hydrogen (secondary N) is 1. The molecule has 0 saturated carbocycles. The Kier molecular flexibility index (Phi) is 5.30. The molecule has 0 aliphatic rings. The van der Waals surface area contributed by atoms with Crippen LogP contribution in [-0.4, -0.2) is 29.2 Å². The van der Waals surface area contributed by atoms with Crippen LogP contribution in [-0.2, 0) is 4.74 Å². The van der Waals surface area contributed by atoms with Crippen LogP contribution in [0.4, 0.5) is 11.5 Å². The summed E-state index contributed by atoms with van der Waals surface area (Å²) in [5.74, 6) is 0.254. The van der Waals surface area contributed by atoms with Crippen molar-refractivity contribution in [3.05, 3.63) is 26.9 Å².